The lowest BCUT2D eigenvalue weighted by Gasteiger charge is -2.29. The van der Waals surface area contributed by atoms with Gasteiger partial charge >= 0.3 is 6.09 Å². The maximum atomic E-state index is 12.8. The summed E-state index contributed by atoms with van der Waals surface area (Å²) in [6, 6.07) is 15.1. The molecule has 3 N–H and O–H groups in total. The number of hydrogen-bond acceptors (Lipinski definition) is 6. The van der Waals surface area contributed by atoms with Gasteiger partial charge in [0.1, 0.15) is 11.4 Å². The Morgan fingerprint density at radius 1 is 0.946 bits per heavy atom. The molecular weight excluding hydrogens is 470 g/mol. The number of carbonyl (C=O) groups is 1. The first-order valence-electron chi connectivity index (χ1n) is 13.4. The molecule has 2 aromatic rings. The van der Waals surface area contributed by atoms with E-state index in [1.54, 1.807) is 12.1 Å². The van der Waals surface area contributed by atoms with Gasteiger partial charge in [0, 0.05) is 25.3 Å². The van der Waals surface area contributed by atoms with Crippen LogP contribution in [0, 0.1) is 0 Å². The Labute approximate surface area is 222 Å². The fraction of sp³-hybridized carbons (Fsp3) is 0.567. The number of amides is 1. The summed E-state index contributed by atoms with van der Waals surface area (Å²) in [6.45, 7) is 7.17. The van der Waals surface area contributed by atoms with Crippen LogP contribution in [0.3, 0.4) is 0 Å². The van der Waals surface area contributed by atoms with Crippen molar-refractivity contribution in [3.8, 4) is 5.75 Å². The Kier molecular flexibility index (Phi) is 13.5. The second kappa shape index (κ2) is 16.3. The molecule has 2 aromatic carbocycles. The molecule has 0 saturated carbocycles. The Morgan fingerprint density at radius 2 is 1.62 bits per heavy atom. The number of aryl methyl sites for hydroxylation is 1. The molecule has 0 unspecified atom stereocenters. The highest BCUT2D eigenvalue weighted by molar-refractivity contribution is 5.68. The van der Waals surface area contributed by atoms with Crippen LogP contribution in [0.1, 0.15) is 82.1 Å². The van der Waals surface area contributed by atoms with Crippen molar-refractivity contribution in [2.24, 2.45) is 0 Å². The molecule has 0 radical (unpaired) electrons. The summed E-state index contributed by atoms with van der Waals surface area (Å²) in [7, 11) is 0. The van der Waals surface area contributed by atoms with Crippen molar-refractivity contribution < 1.29 is 29.6 Å². The average molecular weight is 516 g/mol. The lowest BCUT2D eigenvalue weighted by Crippen LogP contribution is -2.39. The van der Waals surface area contributed by atoms with Gasteiger partial charge in [-0.15, -0.1) is 0 Å². The molecule has 7 nitrogen and oxygen atoms in total. The SMILES string of the molecule is CC(C)(C)OC(=O)N(CCCCCCOCCCCc1ccccc1)C[C@@H](O)c1ccc(O)c(CO)c1. The van der Waals surface area contributed by atoms with E-state index in [1.807, 2.05) is 26.8 Å². The molecule has 0 saturated heterocycles. The van der Waals surface area contributed by atoms with Crippen LogP contribution in [0.4, 0.5) is 4.79 Å². The number of ether oxygens (including phenoxy) is 2. The molecule has 0 heterocycles. The lowest BCUT2D eigenvalue weighted by molar-refractivity contribution is 0.0140. The van der Waals surface area contributed by atoms with Gasteiger partial charge in [-0.1, -0.05) is 49.2 Å². The zero-order chi connectivity index (χ0) is 27.1. The summed E-state index contributed by atoms with van der Waals surface area (Å²) >= 11 is 0. The lowest BCUT2D eigenvalue weighted by atomic mass is 10.0. The average Bonchev–Trinajstić information content (AvgIpc) is 2.86. The molecule has 0 bridgehead atoms. The third-order valence-corrected chi connectivity index (χ3v) is 6.02. The van der Waals surface area contributed by atoms with Crippen molar-refractivity contribution in [2.75, 3.05) is 26.3 Å². The maximum Gasteiger partial charge on any atom is 0.410 e. The summed E-state index contributed by atoms with van der Waals surface area (Å²) in [5.74, 6) is -0.0291. The molecule has 2 rings (SSSR count). The Bertz CT molecular complexity index is 912. The molecule has 0 aliphatic rings. The number of aromatic hydroxyl groups is 1. The fourth-order valence-corrected chi connectivity index (χ4v) is 3.98. The highest BCUT2D eigenvalue weighted by Crippen LogP contribution is 2.24. The standard InChI is InChI=1S/C30H45NO6/c1-30(2,3)37-29(35)31(22-28(34)25-16-17-27(33)26(21-25)23-32)18-10-4-5-11-19-36-20-12-9-15-24-13-7-6-8-14-24/h6-8,13-14,16-17,21,28,32-34H,4-5,9-12,15,18-20,22-23H2,1-3H3/t28-/m1/s1. The summed E-state index contributed by atoms with van der Waals surface area (Å²) in [5.41, 5.74) is 1.59. The van der Waals surface area contributed by atoms with Crippen LogP contribution in [0.5, 0.6) is 5.75 Å². The van der Waals surface area contributed by atoms with Crippen LogP contribution < -0.4 is 0 Å². The van der Waals surface area contributed by atoms with E-state index in [4.69, 9.17) is 9.47 Å². The highest BCUT2D eigenvalue weighted by Gasteiger charge is 2.24. The minimum Gasteiger partial charge on any atom is -0.508 e. The zero-order valence-corrected chi connectivity index (χ0v) is 22.7. The van der Waals surface area contributed by atoms with E-state index >= 15 is 0 Å². The molecule has 206 valence electrons. The van der Waals surface area contributed by atoms with Crippen LogP contribution in [-0.4, -0.2) is 58.2 Å². The van der Waals surface area contributed by atoms with Crippen molar-refractivity contribution >= 4 is 6.09 Å². The highest BCUT2D eigenvalue weighted by atomic mass is 16.6. The quantitative estimate of drug-likeness (QED) is 0.246. The summed E-state index contributed by atoms with van der Waals surface area (Å²) in [5, 5.41) is 29.9. The van der Waals surface area contributed by atoms with Crippen LogP contribution in [0.2, 0.25) is 0 Å². The molecule has 0 fully saturated rings. The number of unbranched alkanes of at least 4 members (excludes halogenated alkanes) is 4. The number of benzene rings is 2. The van der Waals surface area contributed by atoms with Gasteiger partial charge in [0.05, 0.1) is 19.3 Å². The predicted octanol–water partition coefficient (Wildman–Crippen LogP) is 5.75. The van der Waals surface area contributed by atoms with Crippen molar-refractivity contribution in [1.29, 1.82) is 0 Å². The van der Waals surface area contributed by atoms with Crippen molar-refractivity contribution in [3.05, 3.63) is 65.2 Å². The Morgan fingerprint density at radius 3 is 2.30 bits per heavy atom. The minimum atomic E-state index is -0.964. The summed E-state index contributed by atoms with van der Waals surface area (Å²) < 4.78 is 11.3. The smallest absolute Gasteiger partial charge is 0.410 e. The van der Waals surface area contributed by atoms with E-state index in [2.05, 4.69) is 24.3 Å². The van der Waals surface area contributed by atoms with E-state index in [-0.39, 0.29) is 18.9 Å². The number of rotatable bonds is 16. The third kappa shape index (κ3) is 12.5. The Balaban J connectivity index is 1.69. The van der Waals surface area contributed by atoms with Crippen LogP contribution >= 0.6 is 0 Å². The molecule has 37 heavy (non-hydrogen) atoms. The van der Waals surface area contributed by atoms with Crippen LogP contribution in [0.15, 0.2) is 48.5 Å². The van der Waals surface area contributed by atoms with Gasteiger partial charge in [-0.3, -0.25) is 0 Å². The van der Waals surface area contributed by atoms with Gasteiger partial charge < -0.3 is 29.7 Å². The van der Waals surface area contributed by atoms with E-state index in [0.29, 0.717) is 17.7 Å². The number of nitrogens with zero attached hydrogens (tertiary/aromatic N) is 1. The molecule has 7 heteroatoms. The van der Waals surface area contributed by atoms with E-state index in [0.717, 1.165) is 58.2 Å². The van der Waals surface area contributed by atoms with Crippen molar-refractivity contribution in [1.82, 2.24) is 4.90 Å². The molecule has 0 aliphatic carbocycles. The van der Waals surface area contributed by atoms with E-state index < -0.39 is 17.8 Å². The molecular formula is C30H45NO6. The largest absolute Gasteiger partial charge is 0.508 e. The van der Waals surface area contributed by atoms with E-state index in [1.165, 1.54) is 16.5 Å². The molecule has 0 aromatic heterocycles. The van der Waals surface area contributed by atoms with E-state index in [9.17, 15) is 20.1 Å². The maximum absolute atomic E-state index is 12.8. The molecule has 0 aliphatic heterocycles. The van der Waals surface area contributed by atoms with Gasteiger partial charge in [-0.25, -0.2) is 4.79 Å². The first-order valence-corrected chi connectivity index (χ1v) is 13.4. The van der Waals surface area contributed by atoms with Crippen molar-refractivity contribution in [3.63, 3.8) is 0 Å². The molecule has 1 amide bonds. The normalized spacial score (nSPS) is 12.4. The first kappa shape index (κ1) is 30.6. The van der Waals surface area contributed by atoms with Gasteiger partial charge in [0.15, 0.2) is 0 Å². The van der Waals surface area contributed by atoms with Crippen molar-refractivity contribution in [2.45, 2.75) is 84.0 Å². The van der Waals surface area contributed by atoms with Gasteiger partial charge in [-0.2, -0.15) is 0 Å². The molecule has 1 atom stereocenters. The number of phenols is 1. The topological polar surface area (TPSA) is 99.5 Å². The summed E-state index contributed by atoms with van der Waals surface area (Å²) in [6.07, 6.45) is 5.56. The van der Waals surface area contributed by atoms with Crippen LogP contribution in [0.25, 0.3) is 0 Å². The second-order valence-electron chi connectivity index (χ2n) is 10.5. The number of aliphatic hydroxyl groups excluding tert-OH is 2. The zero-order valence-electron chi connectivity index (χ0n) is 22.7. The number of aliphatic hydroxyl groups is 2. The van der Waals surface area contributed by atoms with Gasteiger partial charge in [0.2, 0.25) is 0 Å². The third-order valence-electron chi connectivity index (χ3n) is 6.02. The fourth-order valence-electron chi connectivity index (χ4n) is 3.98. The molecule has 0 spiro atoms. The predicted molar refractivity (Wildman–Crippen MR) is 145 cm³/mol. The number of hydrogen-bond donors (Lipinski definition) is 3. The van der Waals surface area contributed by atoms with Gasteiger partial charge in [0.25, 0.3) is 0 Å². The number of carbonyl (C=O) groups excluding carboxylic acids is 1. The van der Waals surface area contributed by atoms with Crippen LogP contribution in [-0.2, 0) is 22.5 Å². The second-order valence-corrected chi connectivity index (χ2v) is 10.5. The summed E-state index contributed by atoms with van der Waals surface area (Å²) in [4.78, 5) is 14.3. The first-order chi connectivity index (χ1) is 17.7. The van der Waals surface area contributed by atoms with Gasteiger partial charge in [-0.05, 0) is 76.1 Å². The monoisotopic (exact) mass is 515 g/mol. The minimum absolute atomic E-state index is 0.0291. The Hall–Kier alpha value is -2.61.